The van der Waals surface area contributed by atoms with Gasteiger partial charge in [-0.2, -0.15) is 0 Å². The van der Waals surface area contributed by atoms with Crippen LogP contribution in [0.1, 0.15) is 51.0 Å². The first kappa shape index (κ1) is 17.5. The van der Waals surface area contributed by atoms with Crippen molar-refractivity contribution < 1.29 is 14.0 Å². The van der Waals surface area contributed by atoms with E-state index in [1.807, 2.05) is 7.05 Å². The zero-order chi connectivity index (χ0) is 18.5. The highest BCUT2D eigenvalue weighted by Crippen LogP contribution is 2.62. The van der Waals surface area contributed by atoms with Crippen LogP contribution < -0.4 is 5.32 Å². The molecular formula is C21H27FN2O2. The van der Waals surface area contributed by atoms with Gasteiger partial charge in [-0.1, -0.05) is 12.1 Å². The van der Waals surface area contributed by atoms with Gasteiger partial charge in [-0.3, -0.25) is 9.59 Å². The summed E-state index contributed by atoms with van der Waals surface area (Å²) < 4.78 is 13.1. The second kappa shape index (κ2) is 6.07. The van der Waals surface area contributed by atoms with Crippen LogP contribution in [0, 0.1) is 23.1 Å². The molecule has 4 aliphatic rings. The number of hydrogen-bond acceptors (Lipinski definition) is 2. The van der Waals surface area contributed by atoms with E-state index in [0.29, 0.717) is 18.4 Å². The zero-order valence-electron chi connectivity index (χ0n) is 15.6. The first-order chi connectivity index (χ1) is 12.3. The number of nitrogens with one attached hydrogen (secondary N) is 1. The second-order valence-corrected chi connectivity index (χ2v) is 8.99. The zero-order valence-corrected chi connectivity index (χ0v) is 15.6. The Bertz CT molecular complexity index is 716. The lowest BCUT2D eigenvalue weighted by molar-refractivity contribution is -0.162. The number of rotatable bonds is 4. The highest BCUT2D eigenvalue weighted by Gasteiger charge is 2.61. The van der Waals surface area contributed by atoms with Gasteiger partial charge < -0.3 is 10.2 Å². The molecule has 140 valence electrons. The van der Waals surface area contributed by atoms with E-state index in [1.54, 1.807) is 24.0 Å². The summed E-state index contributed by atoms with van der Waals surface area (Å²) in [7, 11) is 1.84. The van der Waals surface area contributed by atoms with Crippen molar-refractivity contribution in [1.82, 2.24) is 10.2 Å². The molecule has 0 radical (unpaired) electrons. The van der Waals surface area contributed by atoms with Gasteiger partial charge in [0.15, 0.2) is 0 Å². The molecule has 4 fully saturated rings. The highest BCUT2D eigenvalue weighted by molar-refractivity contribution is 5.84. The van der Waals surface area contributed by atoms with Crippen LogP contribution in [0.3, 0.4) is 0 Å². The Kier molecular flexibility index (Phi) is 4.08. The third-order valence-corrected chi connectivity index (χ3v) is 6.64. The molecule has 2 amide bonds. The minimum absolute atomic E-state index is 0.00853. The standard InChI is InChI=1S/C21H27FN2O2/c1-14(25)23-21-10-16-7-17(11-21)9-20(8-16,13-21)19(26)24(2)12-15-3-5-18(22)6-4-15/h3-6,16-17H,7-13H2,1-2H3,(H,23,25)/t16-,17-,20?,21?/m0/s1. The van der Waals surface area contributed by atoms with Crippen molar-refractivity contribution in [3.63, 3.8) is 0 Å². The Labute approximate surface area is 154 Å². The van der Waals surface area contributed by atoms with Gasteiger partial charge in [-0.25, -0.2) is 4.39 Å². The van der Waals surface area contributed by atoms with E-state index in [2.05, 4.69) is 5.32 Å². The van der Waals surface area contributed by atoms with Crippen molar-refractivity contribution in [2.24, 2.45) is 17.3 Å². The number of amides is 2. The van der Waals surface area contributed by atoms with Crippen LogP contribution in [0.25, 0.3) is 0 Å². The van der Waals surface area contributed by atoms with Crippen molar-refractivity contribution in [2.45, 2.75) is 57.5 Å². The summed E-state index contributed by atoms with van der Waals surface area (Å²) >= 11 is 0. The van der Waals surface area contributed by atoms with Gasteiger partial charge in [0.05, 0.1) is 5.41 Å². The van der Waals surface area contributed by atoms with Gasteiger partial charge in [-0.15, -0.1) is 0 Å². The molecule has 4 bridgehead atoms. The van der Waals surface area contributed by atoms with Crippen LogP contribution in [0.15, 0.2) is 24.3 Å². The summed E-state index contributed by atoms with van der Waals surface area (Å²) in [5.41, 5.74) is 0.396. The van der Waals surface area contributed by atoms with Crippen LogP contribution in [0.4, 0.5) is 4.39 Å². The predicted octanol–water partition coefficient (Wildman–Crippen LogP) is 3.26. The number of halogens is 1. The smallest absolute Gasteiger partial charge is 0.228 e. The molecule has 5 heteroatoms. The Hall–Kier alpha value is -1.91. The Morgan fingerprint density at radius 3 is 2.35 bits per heavy atom. The quantitative estimate of drug-likeness (QED) is 0.898. The Morgan fingerprint density at radius 1 is 1.15 bits per heavy atom. The average molecular weight is 358 g/mol. The van der Waals surface area contributed by atoms with Crippen LogP contribution >= 0.6 is 0 Å². The summed E-state index contributed by atoms with van der Waals surface area (Å²) in [4.78, 5) is 27.0. The molecule has 0 spiro atoms. The topological polar surface area (TPSA) is 49.4 Å². The lowest BCUT2D eigenvalue weighted by atomic mass is 9.46. The van der Waals surface area contributed by atoms with E-state index in [1.165, 1.54) is 18.6 Å². The minimum Gasteiger partial charge on any atom is -0.351 e. The van der Waals surface area contributed by atoms with Gasteiger partial charge in [0, 0.05) is 26.1 Å². The summed E-state index contributed by atoms with van der Waals surface area (Å²) in [5, 5.41) is 3.21. The van der Waals surface area contributed by atoms with Crippen LogP contribution in [0.2, 0.25) is 0 Å². The number of carbonyl (C=O) groups excluding carboxylic acids is 2. The first-order valence-corrected chi connectivity index (χ1v) is 9.58. The lowest BCUT2D eigenvalue weighted by Crippen LogP contribution is -2.65. The van der Waals surface area contributed by atoms with Crippen molar-refractivity contribution in [3.8, 4) is 0 Å². The molecule has 26 heavy (non-hydrogen) atoms. The van der Waals surface area contributed by atoms with Crippen molar-refractivity contribution in [1.29, 1.82) is 0 Å². The molecule has 0 aromatic heterocycles. The molecule has 2 atom stereocenters. The van der Waals surface area contributed by atoms with E-state index in [9.17, 15) is 14.0 Å². The normalized spacial score (nSPS) is 34.6. The van der Waals surface area contributed by atoms with Crippen molar-refractivity contribution in [3.05, 3.63) is 35.6 Å². The molecular weight excluding hydrogens is 331 g/mol. The maximum absolute atomic E-state index is 13.4. The molecule has 4 nitrogen and oxygen atoms in total. The maximum atomic E-state index is 13.4. The molecule has 5 rings (SSSR count). The lowest BCUT2D eigenvalue weighted by Gasteiger charge is -2.61. The summed E-state index contributed by atoms with van der Waals surface area (Å²) in [6, 6.07) is 6.34. The van der Waals surface area contributed by atoms with Crippen LogP contribution in [-0.2, 0) is 16.1 Å². The van der Waals surface area contributed by atoms with Gasteiger partial charge in [-0.05, 0) is 68.1 Å². The van der Waals surface area contributed by atoms with Gasteiger partial charge in [0.2, 0.25) is 11.8 Å². The van der Waals surface area contributed by atoms with Gasteiger partial charge in [0.1, 0.15) is 5.82 Å². The third kappa shape index (κ3) is 3.01. The highest BCUT2D eigenvalue weighted by atomic mass is 19.1. The summed E-state index contributed by atoms with van der Waals surface area (Å²) in [5.74, 6) is 0.999. The Balaban J connectivity index is 1.54. The molecule has 0 aliphatic heterocycles. The van der Waals surface area contributed by atoms with E-state index in [4.69, 9.17) is 0 Å². The first-order valence-electron chi connectivity index (χ1n) is 9.58. The summed E-state index contributed by atoms with van der Waals surface area (Å²) in [6.07, 6.45) is 5.87. The van der Waals surface area contributed by atoms with Crippen molar-refractivity contribution in [2.75, 3.05) is 7.05 Å². The fourth-order valence-electron chi connectivity index (χ4n) is 6.37. The van der Waals surface area contributed by atoms with E-state index < -0.39 is 0 Å². The van der Waals surface area contributed by atoms with E-state index in [0.717, 1.165) is 37.7 Å². The summed E-state index contributed by atoms with van der Waals surface area (Å²) in [6.45, 7) is 2.07. The molecule has 1 N–H and O–H groups in total. The predicted molar refractivity (Wildman–Crippen MR) is 96.5 cm³/mol. The fourth-order valence-corrected chi connectivity index (χ4v) is 6.37. The molecule has 1 aromatic rings. The third-order valence-electron chi connectivity index (χ3n) is 6.64. The molecule has 1 aromatic carbocycles. The number of hydrogen-bond donors (Lipinski definition) is 1. The molecule has 4 aliphatic carbocycles. The van der Waals surface area contributed by atoms with Crippen LogP contribution in [-0.4, -0.2) is 29.3 Å². The molecule has 0 saturated heterocycles. The fraction of sp³-hybridized carbons (Fsp3) is 0.619. The number of nitrogens with zero attached hydrogens (tertiary/aromatic N) is 1. The largest absolute Gasteiger partial charge is 0.351 e. The molecule has 0 unspecified atom stereocenters. The average Bonchev–Trinajstić information content (AvgIpc) is 2.53. The maximum Gasteiger partial charge on any atom is 0.228 e. The SMILES string of the molecule is CC(=O)NC12C[C@H]3C[C@H](C1)CC(C(=O)N(C)Cc1ccc(F)cc1)(C3)C2. The van der Waals surface area contributed by atoms with E-state index in [-0.39, 0.29) is 28.6 Å². The van der Waals surface area contributed by atoms with Crippen molar-refractivity contribution >= 4 is 11.8 Å². The number of carbonyl (C=O) groups is 2. The van der Waals surface area contributed by atoms with E-state index >= 15 is 0 Å². The second-order valence-electron chi connectivity index (χ2n) is 8.99. The molecule has 0 heterocycles. The Morgan fingerprint density at radius 2 is 1.77 bits per heavy atom. The van der Waals surface area contributed by atoms with Gasteiger partial charge in [0.25, 0.3) is 0 Å². The monoisotopic (exact) mass is 358 g/mol. The minimum atomic E-state index is -0.346. The van der Waals surface area contributed by atoms with Crippen LogP contribution in [0.5, 0.6) is 0 Å². The molecule has 4 saturated carbocycles. The van der Waals surface area contributed by atoms with Gasteiger partial charge >= 0.3 is 0 Å². The number of benzene rings is 1.